The van der Waals surface area contributed by atoms with E-state index in [1.165, 1.54) is 41.8 Å². The zero-order chi connectivity index (χ0) is 78.1. The number of hydrogen-bond donors (Lipinski definition) is 2. The summed E-state index contributed by atoms with van der Waals surface area (Å²) in [5.41, 5.74) is 6.51. The Morgan fingerprint density at radius 2 is 0.725 bits per heavy atom. The van der Waals surface area contributed by atoms with E-state index in [0.717, 1.165) is 197 Å². The van der Waals surface area contributed by atoms with Gasteiger partial charge in [0, 0.05) is 225 Å². The Morgan fingerprint density at radius 1 is 0.440 bits per heavy atom. The van der Waals surface area contributed by atoms with Gasteiger partial charge in [0.1, 0.15) is 18.0 Å². The number of Topliss-reactive ketones (excluding diaryl/α,β-unsaturated/α-hetero) is 1. The van der Waals surface area contributed by atoms with Crippen molar-refractivity contribution in [1.82, 2.24) is 15.1 Å². The van der Waals surface area contributed by atoms with Crippen LogP contribution < -0.4 is 35.3 Å². The Bertz CT molecular complexity index is 3650. The number of carbonyl (C=O) groups is 3. The van der Waals surface area contributed by atoms with Crippen LogP contribution in [0.1, 0.15) is 105 Å². The summed E-state index contributed by atoms with van der Waals surface area (Å²) in [4.78, 5) is 48.8. The third-order valence-corrected chi connectivity index (χ3v) is 24.2. The van der Waals surface area contributed by atoms with Crippen LogP contribution in [-0.2, 0) is 42.5 Å². The minimum absolute atomic E-state index is 0.000162. The molecule has 0 atom stereocenters. The van der Waals surface area contributed by atoms with Crippen molar-refractivity contribution in [1.29, 1.82) is 0 Å². The number of nitrogens with zero attached hydrogens (tertiary/aromatic N) is 7. The summed E-state index contributed by atoms with van der Waals surface area (Å²) in [6.07, 6.45) is 9.98. The molecule has 2 amide bonds. The van der Waals surface area contributed by atoms with Gasteiger partial charge in [0.25, 0.3) is 0 Å². The lowest BCUT2D eigenvalue weighted by atomic mass is 9.79. The highest BCUT2D eigenvalue weighted by Crippen LogP contribution is 2.38. The largest absolute Gasteiger partial charge is 0.494 e. The molecule has 0 radical (unpaired) electrons. The molecule has 2 N–H and O–H groups in total. The van der Waals surface area contributed by atoms with Gasteiger partial charge in [-0.05, 0) is 202 Å². The van der Waals surface area contributed by atoms with Crippen LogP contribution in [0.5, 0.6) is 0 Å². The minimum atomic E-state index is -0.333. The number of ketones is 1. The monoisotopic (exact) mass is 1930 g/mol. The summed E-state index contributed by atoms with van der Waals surface area (Å²) in [6, 6.07) is 49.9. The molecule has 0 aliphatic carbocycles. The molecule has 2 spiro atoms. The van der Waals surface area contributed by atoms with Crippen molar-refractivity contribution >= 4 is 161 Å². The standard InChI is InChI=1S/C20H31BN2O4.C14H19BrN2O2.C13H16BrNO2.C11H14BrNO.C11H12BrNO.C7H13NO2.C6H4BrI/c1-19(2)20(3,4)27-21(26-19)15-7-9-16(10-8-15)23-13-11-17(12-14-23)25-18(24)22(5)6;1-16(2)14(18)19-13-7-9-17(10-8-13)12-5-3-11(15)4-6-12;14-11-1-3-12(4-2-11)15-7-5-13(6-8-15)16-9-10-17-13;2*12-9-1-3-10(4-2-9)13-7-5-11(14)6-8-13;1-3-8-4-2-7(1)9-5-6-10-7;7-5-1-3-6(8)4-2-5/h7-10,17H,11-14H2,1-6H3;3-6,13H,7-10H2,1-2H3;1-4H,5-10H2;1-4,11,14H,5-8H2;1-4H,5-8H2;8H,1-6H2;1-4H. The second kappa shape index (κ2) is 43.2. The van der Waals surface area contributed by atoms with Gasteiger partial charge in [-0.2, -0.15) is 0 Å². The molecule has 9 saturated heterocycles. The predicted molar refractivity (Wildman–Crippen MR) is 463 cm³/mol. The molecule has 9 heterocycles. The molecule has 0 saturated carbocycles. The first-order valence-electron chi connectivity index (χ1n) is 38.0. The van der Waals surface area contributed by atoms with E-state index in [4.69, 9.17) is 37.7 Å². The molecule has 6 aromatic carbocycles. The van der Waals surface area contributed by atoms with Crippen LogP contribution >= 0.6 is 102 Å². The zero-order valence-corrected chi connectivity index (χ0v) is 74.4. The number of piperidine rings is 6. The van der Waals surface area contributed by atoms with E-state index in [-0.39, 0.29) is 60.4 Å². The lowest BCUT2D eigenvalue weighted by Crippen LogP contribution is -2.45. The highest BCUT2D eigenvalue weighted by molar-refractivity contribution is 14.1. The van der Waals surface area contributed by atoms with E-state index in [2.05, 4.69) is 269 Å². The molecule has 15 rings (SSSR count). The van der Waals surface area contributed by atoms with Crippen molar-refractivity contribution < 1.29 is 57.2 Å². The topological polar surface area (TPSA) is 180 Å². The van der Waals surface area contributed by atoms with Crippen LogP contribution in [0.25, 0.3) is 0 Å². The molecule has 27 heteroatoms. The zero-order valence-electron chi connectivity index (χ0n) is 64.3. The molecule has 594 valence electrons. The van der Waals surface area contributed by atoms with E-state index in [1.54, 1.807) is 28.2 Å². The normalized spacial score (nSPS) is 20.0. The molecule has 9 aliphatic rings. The number of ether oxygens (including phenoxy) is 6. The molecule has 0 bridgehead atoms. The highest BCUT2D eigenvalue weighted by Gasteiger charge is 2.52. The molecule has 20 nitrogen and oxygen atoms in total. The number of amides is 2. The highest BCUT2D eigenvalue weighted by atomic mass is 127. The van der Waals surface area contributed by atoms with E-state index in [0.29, 0.717) is 18.6 Å². The van der Waals surface area contributed by atoms with Gasteiger partial charge in [0.15, 0.2) is 11.6 Å². The van der Waals surface area contributed by atoms with Crippen LogP contribution in [0, 0.1) is 3.57 Å². The number of carbonyl (C=O) groups excluding carboxylic acids is 3. The van der Waals surface area contributed by atoms with Crippen LogP contribution in [-0.4, -0.2) is 214 Å². The smallest absolute Gasteiger partial charge is 0.446 e. The van der Waals surface area contributed by atoms with Crippen LogP contribution in [0.2, 0.25) is 0 Å². The fourth-order valence-corrected chi connectivity index (χ4v) is 15.1. The number of anilines is 5. The van der Waals surface area contributed by atoms with Gasteiger partial charge in [-0.15, -0.1) is 0 Å². The Labute approximate surface area is 702 Å². The third-order valence-electron chi connectivity index (χ3n) is 20.8. The van der Waals surface area contributed by atoms with Crippen LogP contribution in [0.4, 0.5) is 38.0 Å². The molecule has 109 heavy (non-hydrogen) atoms. The Balaban J connectivity index is 0.000000151. The maximum absolute atomic E-state index is 11.7. The fraction of sp³-hybridized carbons (Fsp3) is 0.524. The molecular weight excluding hydrogens is 1830 g/mol. The molecule has 9 aliphatic heterocycles. The number of aliphatic hydroxyl groups excluding tert-OH is 1. The molecule has 6 aromatic rings. The maximum atomic E-state index is 11.7. The number of halogens is 6. The minimum Gasteiger partial charge on any atom is -0.446 e. The van der Waals surface area contributed by atoms with Gasteiger partial charge < -0.3 is 82.5 Å². The summed E-state index contributed by atoms with van der Waals surface area (Å²) in [6.45, 7) is 22.6. The lowest BCUT2D eigenvalue weighted by Gasteiger charge is -2.38. The summed E-state index contributed by atoms with van der Waals surface area (Å²) in [7, 11) is 6.50. The van der Waals surface area contributed by atoms with E-state index < -0.39 is 0 Å². The second-order valence-electron chi connectivity index (χ2n) is 29.6. The van der Waals surface area contributed by atoms with Crippen molar-refractivity contribution in [3.05, 3.63) is 172 Å². The molecular formula is C82H109BBr5IN8O12. The summed E-state index contributed by atoms with van der Waals surface area (Å²) in [5, 5.41) is 12.7. The molecule has 0 aromatic heterocycles. The van der Waals surface area contributed by atoms with Crippen molar-refractivity contribution in [2.75, 3.05) is 158 Å². The first kappa shape index (κ1) is 88.4. The maximum Gasteiger partial charge on any atom is 0.494 e. The van der Waals surface area contributed by atoms with E-state index >= 15 is 0 Å². The van der Waals surface area contributed by atoms with Crippen molar-refractivity contribution in [3.8, 4) is 0 Å². The SMILES string of the molecule is Brc1ccc(I)cc1.Brc1ccc(N2CCC3(CC2)OCCO3)cc1.C1CC2(CCN1)OCCO2.CN(C)C(=O)OC1CCN(c2ccc(B3OC(C)(C)C(C)(C)O3)cc2)CC1.CN(C)C(=O)OC1CCN(c2ccc(Br)cc2)CC1.O=C1CCN(c2ccc(Br)cc2)CC1.OC1CCN(c2ccc(Br)cc2)CC1. The summed E-state index contributed by atoms with van der Waals surface area (Å²) < 4.78 is 52.4. The summed E-state index contributed by atoms with van der Waals surface area (Å²) >= 11 is 19.3. The Hall–Kier alpha value is -4.60. The second-order valence-corrected chi connectivity index (χ2v) is 35.5. The average molecular weight is 1940 g/mol. The summed E-state index contributed by atoms with van der Waals surface area (Å²) in [5.74, 6) is -0.0738. The van der Waals surface area contributed by atoms with Crippen molar-refractivity contribution in [3.63, 3.8) is 0 Å². The Morgan fingerprint density at radius 3 is 1.05 bits per heavy atom. The number of benzene rings is 6. The molecule has 0 unspecified atom stereocenters. The quantitative estimate of drug-likeness (QED) is 0.108. The fourth-order valence-electron chi connectivity index (χ4n) is 13.4. The number of rotatable bonds is 8. The van der Waals surface area contributed by atoms with Gasteiger partial charge in [-0.25, -0.2) is 9.59 Å². The first-order chi connectivity index (χ1) is 52.1. The average Bonchev–Trinajstić information content (AvgIpc) is 1.63. The molecule has 9 fully saturated rings. The van der Waals surface area contributed by atoms with Gasteiger partial charge in [0.2, 0.25) is 0 Å². The van der Waals surface area contributed by atoms with Crippen molar-refractivity contribution in [2.45, 2.75) is 146 Å². The predicted octanol–water partition coefficient (Wildman–Crippen LogP) is 16.8. The first-order valence-corrected chi connectivity index (χ1v) is 43.0. The Kier molecular flexibility index (Phi) is 35.0. The van der Waals surface area contributed by atoms with Crippen LogP contribution in [0.3, 0.4) is 0 Å². The lowest BCUT2D eigenvalue weighted by molar-refractivity contribution is -0.172. The van der Waals surface area contributed by atoms with Crippen molar-refractivity contribution in [2.24, 2.45) is 0 Å². The number of nitrogens with one attached hydrogen (secondary N) is 1. The van der Waals surface area contributed by atoms with Gasteiger partial charge in [-0.1, -0.05) is 91.8 Å². The van der Waals surface area contributed by atoms with E-state index in [9.17, 15) is 19.5 Å². The van der Waals surface area contributed by atoms with Gasteiger partial charge in [-0.3, -0.25) is 4.79 Å². The van der Waals surface area contributed by atoms with Crippen LogP contribution in [0.15, 0.2) is 168 Å². The van der Waals surface area contributed by atoms with E-state index in [1.807, 2.05) is 36.4 Å². The van der Waals surface area contributed by atoms with Gasteiger partial charge in [0.05, 0.1) is 43.7 Å². The third kappa shape index (κ3) is 28.1. The van der Waals surface area contributed by atoms with Gasteiger partial charge >= 0.3 is 19.3 Å². The number of aliphatic hydroxyl groups is 1. The number of hydrogen-bond acceptors (Lipinski definition) is 18.